The maximum atomic E-state index is 13.5. The van der Waals surface area contributed by atoms with E-state index in [9.17, 15) is 23.1 Å². The van der Waals surface area contributed by atoms with Gasteiger partial charge >= 0.3 is 5.97 Å². The summed E-state index contributed by atoms with van der Waals surface area (Å²) in [6.07, 6.45) is 3.88. The Kier molecular flexibility index (Phi) is 10.5. The molecule has 0 bridgehead atoms. The standard InChI is InChI=1S/C33H40N2O6S/c1-23-9-7-8-12-28(23)30-20-25(13-16-29(30)32(36)34-31(33(37)38)17-18-42(3,39)40)21-35-26(14-15-27(35)22-41-2)19-24-10-5-4-6-11-24/h4-13,16,20,26-27,31H,14-15,17-19,21-22H2,1-3H3,(H,34,36)(H,37,38)/t26-,27-,31+/m1/s1. The number of amides is 1. The van der Waals surface area contributed by atoms with Crippen LogP contribution in [0.2, 0.25) is 0 Å². The van der Waals surface area contributed by atoms with E-state index in [1.807, 2.05) is 49.4 Å². The number of rotatable bonds is 13. The average molecular weight is 593 g/mol. The lowest BCUT2D eigenvalue weighted by Crippen LogP contribution is -2.42. The number of sulfone groups is 1. The molecule has 3 atom stereocenters. The van der Waals surface area contributed by atoms with Crippen LogP contribution in [0.1, 0.15) is 46.3 Å². The van der Waals surface area contributed by atoms with Gasteiger partial charge in [0, 0.05) is 37.6 Å². The average Bonchev–Trinajstić information content (AvgIpc) is 3.31. The first-order valence-corrected chi connectivity index (χ1v) is 16.3. The maximum absolute atomic E-state index is 13.5. The third-order valence-corrected chi connectivity index (χ3v) is 8.93. The molecule has 1 saturated heterocycles. The second-order valence-corrected chi connectivity index (χ2v) is 13.4. The second kappa shape index (κ2) is 14.1. The lowest BCUT2D eigenvalue weighted by atomic mass is 9.93. The summed E-state index contributed by atoms with van der Waals surface area (Å²) >= 11 is 0. The summed E-state index contributed by atoms with van der Waals surface area (Å²) in [5.41, 5.74) is 5.24. The Hall–Kier alpha value is -3.53. The summed E-state index contributed by atoms with van der Waals surface area (Å²) in [6, 6.07) is 23.2. The van der Waals surface area contributed by atoms with Crippen molar-refractivity contribution in [2.24, 2.45) is 0 Å². The Morgan fingerprint density at radius 1 is 0.976 bits per heavy atom. The molecule has 224 valence electrons. The largest absolute Gasteiger partial charge is 0.480 e. The highest BCUT2D eigenvalue weighted by Crippen LogP contribution is 2.32. The molecule has 3 aromatic rings. The van der Waals surface area contributed by atoms with Gasteiger partial charge in [-0.15, -0.1) is 0 Å². The van der Waals surface area contributed by atoms with E-state index in [2.05, 4.69) is 34.5 Å². The van der Waals surface area contributed by atoms with Gasteiger partial charge in [0.05, 0.1) is 12.4 Å². The first-order chi connectivity index (χ1) is 20.1. The number of nitrogens with one attached hydrogen (secondary N) is 1. The molecule has 8 nitrogen and oxygen atoms in total. The third kappa shape index (κ3) is 8.27. The van der Waals surface area contributed by atoms with E-state index in [0.717, 1.165) is 42.2 Å². The molecule has 4 rings (SSSR count). The second-order valence-electron chi connectivity index (χ2n) is 11.2. The van der Waals surface area contributed by atoms with E-state index in [1.54, 1.807) is 13.2 Å². The van der Waals surface area contributed by atoms with Crippen LogP contribution >= 0.6 is 0 Å². The molecule has 0 aliphatic carbocycles. The van der Waals surface area contributed by atoms with Crippen LogP contribution in [0.5, 0.6) is 0 Å². The van der Waals surface area contributed by atoms with Crippen LogP contribution in [0.3, 0.4) is 0 Å². The number of methoxy groups -OCH3 is 1. The van der Waals surface area contributed by atoms with Crippen molar-refractivity contribution >= 4 is 21.7 Å². The van der Waals surface area contributed by atoms with Crippen LogP contribution in [-0.4, -0.2) is 74.2 Å². The molecule has 1 aliphatic rings. The Morgan fingerprint density at radius 2 is 1.67 bits per heavy atom. The molecule has 42 heavy (non-hydrogen) atoms. The van der Waals surface area contributed by atoms with Gasteiger partial charge in [-0.1, -0.05) is 60.7 Å². The zero-order valence-corrected chi connectivity index (χ0v) is 25.3. The fourth-order valence-corrected chi connectivity index (χ4v) is 6.44. The van der Waals surface area contributed by atoms with Crippen molar-refractivity contribution in [2.45, 2.75) is 57.3 Å². The van der Waals surface area contributed by atoms with Gasteiger partial charge in [0.25, 0.3) is 5.91 Å². The highest BCUT2D eigenvalue weighted by Gasteiger charge is 2.33. The molecule has 3 aromatic carbocycles. The smallest absolute Gasteiger partial charge is 0.326 e. The molecule has 0 radical (unpaired) electrons. The third-order valence-electron chi connectivity index (χ3n) is 7.95. The molecule has 1 fully saturated rings. The molecule has 0 unspecified atom stereocenters. The number of hydrogen-bond donors (Lipinski definition) is 2. The number of aryl methyl sites for hydroxylation is 1. The van der Waals surface area contributed by atoms with Crippen LogP contribution in [0.4, 0.5) is 0 Å². The van der Waals surface area contributed by atoms with E-state index in [0.29, 0.717) is 30.3 Å². The van der Waals surface area contributed by atoms with Crippen LogP contribution in [-0.2, 0) is 32.3 Å². The summed E-state index contributed by atoms with van der Waals surface area (Å²) in [5.74, 6) is -2.17. The Labute approximate surface area is 248 Å². The number of likely N-dealkylation sites (tertiary alicyclic amines) is 1. The summed E-state index contributed by atoms with van der Waals surface area (Å²) in [6.45, 7) is 3.29. The summed E-state index contributed by atoms with van der Waals surface area (Å²) in [7, 11) is -1.66. The Bertz CT molecular complexity index is 1490. The minimum Gasteiger partial charge on any atom is -0.480 e. The van der Waals surface area contributed by atoms with Crippen LogP contribution in [0.15, 0.2) is 72.8 Å². The number of carbonyl (C=O) groups excluding carboxylic acids is 1. The number of carbonyl (C=O) groups is 2. The Balaban J connectivity index is 1.65. The molecular formula is C33H40N2O6S. The van der Waals surface area contributed by atoms with Gasteiger partial charge < -0.3 is 15.2 Å². The lowest BCUT2D eigenvalue weighted by Gasteiger charge is -2.30. The minimum absolute atomic E-state index is 0.212. The number of nitrogens with zero attached hydrogens (tertiary/aromatic N) is 1. The number of ether oxygens (including phenoxy) is 1. The first-order valence-electron chi connectivity index (χ1n) is 14.2. The molecule has 0 saturated carbocycles. The zero-order chi connectivity index (χ0) is 30.3. The molecule has 0 spiro atoms. The number of benzene rings is 3. The zero-order valence-electron chi connectivity index (χ0n) is 24.5. The molecule has 2 N–H and O–H groups in total. The van der Waals surface area contributed by atoms with Crippen molar-refractivity contribution < 1.29 is 27.9 Å². The molecule has 0 aromatic heterocycles. The predicted molar refractivity (Wildman–Crippen MR) is 164 cm³/mol. The molecular weight excluding hydrogens is 552 g/mol. The van der Waals surface area contributed by atoms with Gasteiger partial charge in [-0.25, -0.2) is 13.2 Å². The topological polar surface area (TPSA) is 113 Å². The van der Waals surface area contributed by atoms with Crippen molar-refractivity contribution in [3.8, 4) is 11.1 Å². The summed E-state index contributed by atoms with van der Waals surface area (Å²) in [4.78, 5) is 27.8. The Morgan fingerprint density at radius 3 is 2.33 bits per heavy atom. The molecule has 1 heterocycles. The maximum Gasteiger partial charge on any atom is 0.326 e. The summed E-state index contributed by atoms with van der Waals surface area (Å²) < 4.78 is 28.9. The normalized spacial score (nSPS) is 18.1. The fourth-order valence-electron chi connectivity index (χ4n) is 5.77. The van der Waals surface area contributed by atoms with Gasteiger partial charge in [-0.05, 0) is 72.6 Å². The molecule has 1 aliphatic heterocycles. The van der Waals surface area contributed by atoms with E-state index < -0.39 is 27.8 Å². The van der Waals surface area contributed by atoms with Crippen molar-refractivity contribution in [3.63, 3.8) is 0 Å². The first kappa shape index (κ1) is 31.4. The molecule has 9 heteroatoms. The van der Waals surface area contributed by atoms with Crippen LogP contribution < -0.4 is 5.32 Å². The van der Waals surface area contributed by atoms with Gasteiger partial charge in [-0.3, -0.25) is 9.69 Å². The van der Waals surface area contributed by atoms with Gasteiger partial charge in [0.15, 0.2) is 0 Å². The number of carboxylic acids is 1. The monoisotopic (exact) mass is 592 g/mol. The number of carboxylic acid groups (broad SMARTS) is 1. The fraction of sp³-hybridized carbons (Fsp3) is 0.394. The lowest BCUT2D eigenvalue weighted by molar-refractivity contribution is -0.139. The van der Waals surface area contributed by atoms with Gasteiger partial charge in [0.2, 0.25) is 0 Å². The van der Waals surface area contributed by atoms with E-state index in [4.69, 9.17) is 4.74 Å². The van der Waals surface area contributed by atoms with Crippen molar-refractivity contribution in [1.29, 1.82) is 0 Å². The van der Waals surface area contributed by atoms with Gasteiger partial charge in [-0.2, -0.15) is 0 Å². The minimum atomic E-state index is -3.39. The van der Waals surface area contributed by atoms with E-state index in [1.165, 1.54) is 5.56 Å². The quantitative estimate of drug-likeness (QED) is 0.301. The van der Waals surface area contributed by atoms with Crippen molar-refractivity contribution in [1.82, 2.24) is 10.2 Å². The molecule has 1 amide bonds. The number of aliphatic carboxylic acids is 1. The van der Waals surface area contributed by atoms with Crippen LogP contribution in [0, 0.1) is 6.92 Å². The van der Waals surface area contributed by atoms with Crippen molar-refractivity contribution in [3.05, 3.63) is 95.1 Å². The number of hydrogen-bond acceptors (Lipinski definition) is 6. The SMILES string of the molecule is COC[C@H]1CC[C@H](Cc2ccccc2)N1Cc1ccc(C(=O)N[C@@H](CCS(C)(=O)=O)C(=O)O)c(-c2ccccc2C)c1. The highest BCUT2D eigenvalue weighted by atomic mass is 32.2. The predicted octanol–water partition coefficient (Wildman–Crippen LogP) is 4.50. The van der Waals surface area contributed by atoms with E-state index in [-0.39, 0.29) is 18.2 Å². The van der Waals surface area contributed by atoms with Crippen molar-refractivity contribution in [2.75, 3.05) is 25.7 Å². The van der Waals surface area contributed by atoms with Crippen LogP contribution in [0.25, 0.3) is 11.1 Å². The highest BCUT2D eigenvalue weighted by molar-refractivity contribution is 7.90. The van der Waals surface area contributed by atoms with Gasteiger partial charge in [0.1, 0.15) is 15.9 Å². The summed E-state index contributed by atoms with van der Waals surface area (Å²) in [5, 5.41) is 12.2. The van der Waals surface area contributed by atoms with E-state index >= 15 is 0 Å².